The van der Waals surface area contributed by atoms with Crippen molar-refractivity contribution in [3.8, 4) is 11.1 Å². The van der Waals surface area contributed by atoms with Gasteiger partial charge in [0, 0.05) is 42.1 Å². The largest absolute Gasteiger partial charge is 0.465 e. The van der Waals surface area contributed by atoms with Crippen LogP contribution in [0.15, 0.2) is 60.9 Å². The van der Waals surface area contributed by atoms with E-state index in [1.165, 1.54) is 0 Å². The molecule has 2 amide bonds. The van der Waals surface area contributed by atoms with Gasteiger partial charge in [0.15, 0.2) is 0 Å². The molecule has 172 valence electrons. The third-order valence-electron chi connectivity index (χ3n) is 5.97. The van der Waals surface area contributed by atoms with E-state index in [1.807, 2.05) is 48.4 Å². The van der Waals surface area contributed by atoms with Gasteiger partial charge in [0.1, 0.15) is 0 Å². The summed E-state index contributed by atoms with van der Waals surface area (Å²) in [5.74, 6) is 0.150. The van der Waals surface area contributed by atoms with Crippen molar-refractivity contribution in [2.24, 2.45) is 0 Å². The minimum absolute atomic E-state index is 0.116. The number of anilines is 2. The minimum atomic E-state index is -1.04. The number of carbonyl (C=O) groups is 2. The molecule has 1 aromatic heterocycles. The fourth-order valence-corrected chi connectivity index (χ4v) is 4.37. The molecule has 0 saturated heterocycles. The van der Waals surface area contributed by atoms with Crippen LogP contribution in [0.1, 0.15) is 38.3 Å². The molecule has 8 nitrogen and oxygen atoms in total. The summed E-state index contributed by atoms with van der Waals surface area (Å²) in [6, 6.07) is 16.6. The maximum Gasteiger partial charge on any atom is 0.404 e. The van der Waals surface area contributed by atoms with Crippen molar-refractivity contribution in [1.82, 2.24) is 15.1 Å². The van der Waals surface area contributed by atoms with E-state index in [1.54, 1.807) is 10.9 Å². The Hall–Kier alpha value is -3.81. The maximum atomic E-state index is 12.5. The zero-order chi connectivity index (χ0) is 23.4. The van der Waals surface area contributed by atoms with Crippen LogP contribution in [0.5, 0.6) is 0 Å². The van der Waals surface area contributed by atoms with Crippen LogP contribution in [-0.4, -0.2) is 39.5 Å². The Bertz CT molecular complexity index is 1130. The summed E-state index contributed by atoms with van der Waals surface area (Å²) in [7, 11) is 0. The van der Waals surface area contributed by atoms with Crippen LogP contribution in [-0.2, 0) is 11.3 Å². The van der Waals surface area contributed by atoms with Crippen molar-refractivity contribution in [3.05, 3.63) is 66.5 Å². The number of nitrogens with one attached hydrogen (secondary N) is 2. The number of aromatic nitrogens is 2. The van der Waals surface area contributed by atoms with Gasteiger partial charge in [0.2, 0.25) is 5.91 Å². The summed E-state index contributed by atoms with van der Waals surface area (Å²) < 4.78 is 1.72. The molecular weight excluding hydrogens is 418 g/mol. The van der Waals surface area contributed by atoms with Gasteiger partial charge in [-0.05, 0) is 42.7 Å². The number of carbonyl (C=O) groups excluding carboxylic acids is 1. The van der Waals surface area contributed by atoms with Gasteiger partial charge in [-0.3, -0.25) is 9.48 Å². The fourth-order valence-electron chi connectivity index (χ4n) is 4.37. The van der Waals surface area contributed by atoms with E-state index in [9.17, 15) is 9.59 Å². The van der Waals surface area contributed by atoms with E-state index in [2.05, 4.69) is 40.9 Å². The third-order valence-corrected chi connectivity index (χ3v) is 5.97. The van der Waals surface area contributed by atoms with Gasteiger partial charge in [-0.15, -0.1) is 0 Å². The Morgan fingerprint density at radius 1 is 1.12 bits per heavy atom. The number of hydrogen-bond donors (Lipinski definition) is 3. The molecule has 8 heteroatoms. The lowest BCUT2D eigenvalue weighted by Gasteiger charge is -2.40. The van der Waals surface area contributed by atoms with Crippen molar-refractivity contribution in [2.75, 3.05) is 16.8 Å². The molecule has 0 unspecified atom stereocenters. The first-order valence-corrected chi connectivity index (χ1v) is 11.2. The van der Waals surface area contributed by atoms with E-state index in [0.717, 1.165) is 34.5 Å². The van der Waals surface area contributed by atoms with Crippen LogP contribution in [0.3, 0.4) is 0 Å². The van der Waals surface area contributed by atoms with Crippen molar-refractivity contribution < 1.29 is 14.7 Å². The van der Waals surface area contributed by atoms with Crippen LogP contribution in [0, 0.1) is 0 Å². The molecule has 0 saturated carbocycles. The quantitative estimate of drug-likeness (QED) is 0.495. The van der Waals surface area contributed by atoms with Gasteiger partial charge in [-0.2, -0.15) is 5.10 Å². The van der Waals surface area contributed by atoms with E-state index in [4.69, 9.17) is 5.11 Å². The van der Waals surface area contributed by atoms with Crippen LogP contribution >= 0.6 is 0 Å². The van der Waals surface area contributed by atoms with Gasteiger partial charge >= 0.3 is 6.09 Å². The Kier molecular flexibility index (Phi) is 6.63. The topological polar surface area (TPSA) is 99.5 Å². The normalized spacial score (nSPS) is 17.3. The average molecular weight is 448 g/mol. The summed E-state index contributed by atoms with van der Waals surface area (Å²) >= 11 is 0. The molecule has 2 atom stereocenters. The number of nitrogens with zero attached hydrogens (tertiary/aromatic N) is 3. The molecule has 1 aliphatic rings. The van der Waals surface area contributed by atoms with Gasteiger partial charge < -0.3 is 20.6 Å². The van der Waals surface area contributed by atoms with Crippen LogP contribution < -0.4 is 15.5 Å². The summed E-state index contributed by atoms with van der Waals surface area (Å²) in [5.41, 5.74) is 5.15. The highest BCUT2D eigenvalue weighted by atomic mass is 16.4. The molecule has 3 aromatic rings. The Balaban J connectivity index is 1.46. The Morgan fingerprint density at radius 2 is 1.88 bits per heavy atom. The molecule has 2 heterocycles. The lowest BCUT2D eigenvalue weighted by atomic mass is 9.91. The smallest absolute Gasteiger partial charge is 0.404 e. The lowest BCUT2D eigenvalue weighted by molar-refractivity contribution is -0.118. The monoisotopic (exact) mass is 447 g/mol. The molecule has 0 aliphatic carbocycles. The number of hydrogen-bond acceptors (Lipinski definition) is 4. The first-order chi connectivity index (χ1) is 16.0. The van der Waals surface area contributed by atoms with Crippen molar-refractivity contribution in [2.45, 2.75) is 45.3 Å². The van der Waals surface area contributed by atoms with Crippen LogP contribution in [0.4, 0.5) is 16.2 Å². The molecule has 0 radical (unpaired) electrons. The van der Waals surface area contributed by atoms with Gasteiger partial charge in [0.25, 0.3) is 0 Å². The van der Waals surface area contributed by atoms with Crippen molar-refractivity contribution >= 4 is 23.4 Å². The van der Waals surface area contributed by atoms with Crippen molar-refractivity contribution in [1.29, 1.82) is 0 Å². The van der Waals surface area contributed by atoms with Gasteiger partial charge in [-0.1, -0.05) is 37.3 Å². The molecule has 0 spiro atoms. The molecular formula is C25H29N5O3. The second-order valence-electron chi connectivity index (χ2n) is 8.26. The standard InChI is InChI=1S/C25H29N5O3/c1-3-24(31)30-17(2)14-22(21-6-4-5-7-23(21)30)28-20-10-8-18(9-11-20)19-15-27-29(16-19)13-12-26-25(32)33/h4-11,15-17,22,26,28H,3,12-14H2,1-2H3,(H,32,33)/t17-,22+/m0/s1. The molecule has 33 heavy (non-hydrogen) atoms. The predicted molar refractivity (Wildman–Crippen MR) is 128 cm³/mol. The third kappa shape index (κ3) is 5.00. The second-order valence-corrected chi connectivity index (χ2v) is 8.26. The minimum Gasteiger partial charge on any atom is -0.465 e. The Morgan fingerprint density at radius 3 is 2.61 bits per heavy atom. The molecule has 0 fully saturated rings. The second kappa shape index (κ2) is 9.77. The summed E-state index contributed by atoms with van der Waals surface area (Å²) in [6.45, 7) is 4.79. The highest BCUT2D eigenvalue weighted by molar-refractivity contribution is 5.95. The Labute approximate surface area is 193 Å². The number of amides is 2. The highest BCUT2D eigenvalue weighted by Crippen LogP contribution is 2.39. The zero-order valence-electron chi connectivity index (χ0n) is 18.9. The van der Waals surface area contributed by atoms with E-state index in [-0.39, 0.29) is 18.0 Å². The highest BCUT2D eigenvalue weighted by Gasteiger charge is 2.32. The van der Waals surface area contributed by atoms with Crippen molar-refractivity contribution in [3.63, 3.8) is 0 Å². The first kappa shape index (κ1) is 22.4. The fraction of sp³-hybridized carbons (Fsp3) is 0.320. The molecule has 4 rings (SSSR count). The summed E-state index contributed by atoms with van der Waals surface area (Å²) in [4.78, 5) is 25.0. The summed E-state index contributed by atoms with van der Waals surface area (Å²) in [6.07, 6.45) is 3.98. The van der Waals surface area contributed by atoms with E-state index in [0.29, 0.717) is 19.5 Å². The van der Waals surface area contributed by atoms with E-state index >= 15 is 0 Å². The van der Waals surface area contributed by atoms with E-state index < -0.39 is 6.09 Å². The number of rotatable bonds is 7. The number of para-hydroxylation sites is 1. The predicted octanol–water partition coefficient (Wildman–Crippen LogP) is 4.51. The molecule has 2 aromatic carbocycles. The van der Waals surface area contributed by atoms with Gasteiger partial charge in [0.05, 0.1) is 18.8 Å². The maximum absolute atomic E-state index is 12.5. The first-order valence-electron chi connectivity index (χ1n) is 11.2. The molecule has 0 bridgehead atoms. The SMILES string of the molecule is CCC(=O)N1c2ccccc2[C@H](Nc2ccc(-c3cnn(CCNC(=O)O)c3)cc2)C[C@@H]1C. The zero-order valence-corrected chi connectivity index (χ0v) is 18.9. The number of benzene rings is 2. The number of carboxylic acid groups (broad SMARTS) is 1. The summed E-state index contributed by atoms with van der Waals surface area (Å²) in [5, 5.41) is 19.0. The lowest BCUT2D eigenvalue weighted by Crippen LogP contribution is -2.44. The number of fused-ring (bicyclic) bond motifs is 1. The van der Waals surface area contributed by atoms with Gasteiger partial charge in [-0.25, -0.2) is 4.79 Å². The molecule has 3 N–H and O–H groups in total. The van der Waals surface area contributed by atoms with Crippen LogP contribution in [0.2, 0.25) is 0 Å². The van der Waals surface area contributed by atoms with Crippen LogP contribution in [0.25, 0.3) is 11.1 Å². The average Bonchev–Trinajstić information content (AvgIpc) is 3.28. The molecule has 1 aliphatic heterocycles.